The third kappa shape index (κ3) is 2.76. The third-order valence-corrected chi connectivity index (χ3v) is 3.82. The first kappa shape index (κ1) is 14.8. The molecular weight excluding hydrogens is 308 g/mol. The summed E-state index contributed by atoms with van der Waals surface area (Å²) in [5, 5.41) is -0.464. The second-order valence-corrected chi connectivity index (χ2v) is 5.26. The number of halogens is 2. The molecule has 1 aromatic carbocycles. The maximum Gasteiger partial charge on any atom is 0.387 e. The SMILES string of the molecule is Cc1c(OC(F)F)ccnc1C(S)c1nc2ccccc2[nH]1. The summed E-state index contributed by atoms with van der Waals surface area (Å²) in [6, 6.07) is 8.99. The lowest BCUT2D eigenvalue weighted by atomic mass is 10.1. The van der Waals surface area contributed by atoms with Crippen LogP contribution in [0.1, 0.15) is 22.3 Å². The van der Waals surface area contributed by atoms with Crippen LogP contribution in [0.3, 0.4) is 0 Å². The Hall–Kier alpha value is -2.15. The van der Waals surface area contributed by atoms with Crippen molar-refractivity contribution in [1.29, 1.82) is 0 Å². The number of benzene rings is 1. The summed E-state index contributed by atoms with van der Waals surface area (Å²) < 4.78 is 29.3. The Balaban J connectivity index is 1.99. The lowest BCUT2D eigenvalue weighted by molar-refractivity contribution is -0.0503. The zero-order valence-electron chi connectivity index (χ0n) is 11.6. The average Bonchev–Trinajstić information content (AvgIpc) is 2.92. The van der Waals surface area contributed by atoms with Crippen molar-refractivity contribution in [2.45, 2.75) is 18.8 Å². The van der Waals surface area contributed by atoms with E-state index in [1.807, 2.05) is 24.3 Å². The van der Waals surface area contributed by atoms with E-state index in [1.54, 1.807) is 6.92 Å². The maximum atomic E-state index is 12.4. The number of para-hydroxylation sites is 2. The van der Waals surface area contributed by atoms with Gasteiger partial charge in [-0.1, -0.05) is 12.1 Å². The van der Waals surface area contributed by atoms with Crippen LogP contribution in [-0.4, -0.2) is 21.6 Å². The van der Waals surface area contributed by atoms with Crippen LogP contribution in [0.15, 0.2) is 36.5 Å². The van der Waals surface area contributed by atoms with Crippen molar-refractivity contribution in [3.63, 3.8) is 0 Å². The largest absolute Gasteiger partial charge is 0.434 e. The number of H-pyrrole nitrogens is 1. The van der Waals surface area contributed by atoms with Crippen LogP contribution in [0.2, 0.25) is 0 Å². The molecule has 22 heavy (non-hydrogen) atoms. The van der Waals surface area contributed by atoms with Gasteiger partial charge in [0.1, 0.15) is 16.8 Å². The second kappa shape index (κ2) is 5.92. The third-order valence-electron chi connectivity index (χ3n) is 3.34. The van der Waals surface area contributed by atoms with Gasteiger partial charge in [-0.05, 0) is 25.1 Å². The fraction of sp³-hybridized carbons (Fsp3) is 0.200. The van der Waals surface area contributed by atoms with Gasteiger partial charge >= 0.3 is 6.61 Å². The molecule has 2 aromatic heterocycles. The predicted octanol–water partition coefficient (Wildman–Crippen LogP) is 3.89. The number of nitrogens with zero attached hydrogens (tertiary/aromatic N) is 2. The van der Waals surface area contributed by atoms with Gasteiger partial charge in [0, 0.05) is 11.8 Å². The minimum absolute atomic E-state index is 0.0927. The van der Waals surface area contributed by atoms with Crippen molar-refractivity contribution >= 4 is 23.7 Å². The van der Waals surface area contributed by atoms with Gasteiger partial charge in [-0.15, -0.1) is 0 Å². The highest BCUT2D eigenvalue weighted by Crippen LogP contribution is 2.32. The number of ether oxygens (including phenoxy) is 1. The highest BCUT2D eigenvalue weighted by atomic mass is 32.1. The molecule has 0 bridgehead atoms. The monoisotopic (exact) mass is 321 g/mol. The Labute approximate surface area is 131 Å². The van der Waals surface area contributed by atoms with Gasteiger partial charge in [-0.25, -0.2) is 4.98 Å². The van der Waals surface area contributed by atoms with E-state index in [4.69, 9.17) is 0 Å². The number of imidazole rings is 1. The molecule has 0 aliphatic carbocycles. The van der Waals surface area contributed by atoms with E-state index in [1.165, 1.54) is 12.3 Å². The van der Waals surface area contributed by atoms with Crippen molar-refractivity contribution in [2.75, 3.05) is 0 Å². The molecule has 4 nitrogen and oxygen atoms in total. The molecule has 0 saturated heterocycles. The molecule has 1 N–H and O–H groups in total. The van der Waals surface area contributed by atoms with Crippen LogP contribution in [0.4, 0.5) is 8.78 Å². The molecule has 2 heterocycles. The summed E-state index contributed by atoms with van der Waals surface area (Å²) in [6.45, 7) is -1.20. The minimum atomic E-state index is -2.88. The molecule has 0 spiro atoms. The Morgan fingerprint density at radius 3 is 2.73 bits per heavy atom. The van der Waals surface area contributed by atoms with Crippen LogP contribution >= 0.6 is 12.6 Å². The highest BCUT2D eigenvalue weighted by molar-refractivity contribution is 7.80. The van der Waals surface area contributed by atoms with E-state index in [9.17, 15) is 8.78 Å². The van der Waals surface area contributed by atoms with Crippen molar-refractivity contribution in [3.05, 3.63) is 53.6 Å². The van der Waals surface area contributed by atoms with E-state index in [-0.39, 0.29) is 5.75 Å². The first-order valence-corrected chi connectivity index (χ1v) is 7.11. The molecule has 0 radical (unpaired) electrons. The summed E-state index contributed by atoms with van der Waals surface area (Å²) in [5.74, 6) is 0.699. The zero-order chi connectivity index (χ0) is 15.7. The molecule has 3 aromatic rings. The fourth-order valence-corrected chi connectivity index (χ4v) is 2.65. The number of aromatic nitrogens is 3. The number of aromatic amines is 1. The van der Waals surface area contributed by atoms with Gasteiger partial charge in [0.2, 0.25) is 0 Å². The van der Waals surface area contributed by atoms with Gasteiger partial charge in [-0.2, -0.15) is 21.4 Å². The molecule has 7 heteroatoms. The second-order valence-electron chi connectivity index (χ2n) is 4.74. The number of fused-ring (bicyclic) bond motifs is 1. The molecular formula is C15H13F2N3OS. The van der Waals surface area contributed by atoms with E-state index in [2.05, 4.69) is 32.3 Å². The Morgan fingerprint density at radius 2 is 2.00 bits per heavy atom. The first-order chi connectivity index (χ1) is 10.6. The van der Waals surface area contributed by atoms with E-state index < -0.39 is 11.9 Å². The number of nitrogens with one attached hydrogen (secondary N) is 1. The molecule has 0 aliphatic rings. The van der Waals surface area contributed by atoms with Crippen LogP contribution in [0.5, 0.6) is 5.75 Å². The maximum absolute atomic E-state index is 12.4. The van der Waals surface area contributed by atoms with Crippen LogP contribution in [0.25, 0.3) is 11.0 Å². The van der Waals surface area contributed by atoms with Gasteiger partial charge in [0.15, 0.2) is 0 Å². The Morgan fingerprint density at radius 1 is 1.23 bits per heavy atom. The van der Waals surface area contributed by atoms with E-state index in [0.717, 1.165) is 11.0 Å². The average molecular weight is 321 g/mol. The molecule has 0 amide bonds. The van der Waals surface area contributed by atoms with Crippen LogP contribution in [-0.2, 0) is 0 Å². The molecule has 3 rings (SSSR count). The number of alkyl halides is 2. The van der Waals surface area contributed by atoms with Crippen LogP contribution < -0.4 is 4.74 Å². The molecule has 0 aliphatic heterocycles. The zero-order valence-corrected chi connectivity index (χ0v) is 12.5. The number of hydrogen-bond donors (Lipinski definition) is 2. The van der Waals surface area contributed by atoms with E-state index in [0.29, 0.717) is 17.1 Å². The molecule has 0 fully saturated rings. The van der Waals surface area contributed by atoms with Crippen molar-refractivity contribution in [1.82, 2.24) is 15.0 Å². The first-order valence-electron chi connectivity index (χ1n) is 6.59. The topological polar surface area (TPSA) is 50.8 Å². The van der Waals surface area contributed by atoms with Crippen molar-refractivity contribution in [2.24, 2.45) is 0 Å². The van der Waals surface area contributed by atoms with Gasteiger partial charge in [-0.3, -0.25) is 4.98 Å². The predicted molar refractivity (Wildman–Crippen MR) is 82.5 cm³/mol. The summed E-state index contributed by atoms with van der Waals surface area (Å²) >= 11 is 4.53. The Kier molecular flexibility index (Phi) is 3.98. The number of rotatable bonds is 4. The summed E-state index contributed by atoms with van der Waals surface area (Å²) in [7, 11) is 0. The van der Waals surface area contributed by atoms with Crippen molar-refractivity contribution in [3.8, 4) is 5.75 Å². The molecule has 0 saturated carbocycles. The summed E-state index contributed by atoms with van der Waals surface area (Å²) in [6.07, 6.45) is 1.42. The minimum Gasteiger partial charge on any atom is -0.434 e. The summed E-state index contributed by atoms with van der Waals surface area (Å²) in [4.78, 5) is 11.9. The molecule has 114 valence electrons. The number of pyridine rings is 1. The van der Waals surface area contributed by atoms with Crippen molar-refractivity contribution < 1.29 is 13.5 Å². The Bertz CT molecular complexity index is 773. The van der Waals surface area contributed by atoms with E-state index >= 15 is 0 Å². The smallest absolute Gasteiger partial charge is 0.387 e. The highest BCUT2D eigenvalue weighted by Gasteiger charge is 2.20. The number of thiol groups is 1. The van der Waals surface area contributed by atoms with Gasteiger partial charge < -0.3 is 9.72 Å². The molecule has 1 atom stereocenters. The summed E-state index contributed by atoms with van der Waals surface area (Å²) in [5.41, 5.74) is 2.74. The quantitative estimate of drug-likeness (QED) is 0.717. The van der Waals surface area contributed by atoms with Crippen LogP contribution in [0, 0.1) is 6.92 Å². The molecule has 1 unspecified atom stereocenters. The van der Waals surface area contributed by atoms with Gasteiger partial charge in [0.25, 0.3) is 0 Å². The number of hydrogen-bond acceptors (Lipinski definition) is 4. The fourth-order valence-electron chi connectivity index (χ4n) is 2.26. The lowest BCUT2D eigenvalue weighted by Gasteiger charge is -2.14. The van der Waals surface area contributed by atoms with Gasteiger partial charge in [0.05, 0.1) is 16.7 Å². The normalized spacial score (nSPS) is 12.8. The lowest BCUT2D eigenvalue weighted by Crippen LogP contribution is -2.07. The standard InChI is InChI=1S/C15H13F2N3OS/c1-8-11(21-15(16)17)6-7-18-12(8)13(22)14-19-9-4-2-3-5-10(9)20-14/h2-7,13,15,22H,1H3,(H,19,20).